The molecule has 1 nitrogen and oxygen atoms in total. The molecule has 2 rings (SSSR count). The Morgan fingerprint density at radius 3 is 2.19 bits per heavy atom. The summed E-state index contributed by atoms with van der Waals surface area (Å²) in [5.74, 6) is 3.93. The third-order valence-electron chi connectivity index (χ3n) is 5.01. The summed E-state index contributed by atoms with van der Waals surface area (Å²) in [7, 11) is 0. The molecular formula is C15H29N. The first-order chi connectivity index (χ1) is 7.78. The van der Waals surface area contributed by atoms with Gasteiger partial charge in [0.1, 0.15) is 0 Å². The minimum atomic E-state index is 0.857. The number of hydrogen-bond donors (Lipinski definition) is 1. The molecule has 0 aromatic heterocycles. The Morgan fingerprint density at radius 1 is 0.875 bits per heavy atom. The molecule has 94 valence electrons. The van der Waals surface area contributed by atoms with E-state index in [1.165, 1.54) is 57.8 Å². The highest BCUT2D eigenvalue weighted by Gasteiger charge is 2.25. The maximum Gasteiger partial charge on any atom is -0.00488 e. The van der Waals surface area contributed by atoms with Crippen LogP contribution in [0.25, 0.3) is 0 Å². The van der Waals surface area contributed by atoms with Crippen LogP contribution in [0.2, 0.25) is 0 Å². The highest BCUT2D eigenvalue weighted by Crippen LogP contribution is 2.37. The van der Waals surface area contributed by atoms with Gasteiger partial charge < -0.3 is 5.73 Å². The average Bonchev–Trinajstić information content (AvgIpc) is 2.74. The highest BCUT2D eigenvalue weighted by atomic mass is 14.6. The van der Waals surface area contributed by atoms with Gasteiger partial charge in [-0.3, -0.25) is 0 Å². The topological polar surface area (TPSA) is 26.0 Å². The molecule has 1 heteroatoms. The summed E-state index contributed by atoms with van der Waals surface area (Å²) in [5, 5.41) is 0. The van der Waals surface area contributed by atoms with Crippen LogP contribution in [0, 0.1) is 23.7 Å². The van der Waals surface area contributed by atoms with E-state index in [4.69, 9.17) is 5.73 Å². The lowest BCUT2D eigenvalue weighted by Gasteiger charge is -2.27. The van der Waals surface area contributed by atoms with Crippen LogP contribution in [0.1, 0.15) is 64.7 Å². The van der Waals surface area contributed by atoms with Crippen molar-refractivity contribution >= 4 is 0 Å². The molecule has 0 aromatic carbocycles. The van der Waals surface area contributed by atoms with E-state index in [1.54, 1.807) is 0 Å². The van der Waals surface area contributed by atoms with Crippen molar-refractivity contribution in [2.24, 2.45) is 29.4 Å². The Bertz CT molecular complexity index is 202. The van der Waals surface area contributed by atoms with Gasteiger partial charge in [-0.15, -0.1) is 0 Å². The molecule has 0 heterocycles. The smallest absolute Gasteiger partial charge is 0.00488 e. The van der Waals surface area contributed by atoms with E-state index >= 15 is 0 Å². The van der Waals surface area contributed by atoms with Crippen molar-refractivity contribution in [1.29, 1.82) is 0 Å². The maximum absolute atomic E-state index is 5.75. The van der Waals surface area contributed by atoms with Crippen LogP contribution in [0.4, 0.5) is 0 Å². The van der Waals surface area contributed by atoms with Crippen molar-refractivity contribution in [3.8, 4) is 0 Å². The van der Waals surface area contributed by atoms with Gasteiger partial charge in [-0.25, -0.2) is 0 Å². The third kappa shape index (κ3) is 3.48. The molecule has 0 spiro atoms. The van der Waals surface area contributed by atoms with Crippen LogP contribution >= 0.6 is 0 Å². The van der Waals surface area contributed by atoms with Crippen LogP contribution in [-0.2, 0) is 0 Å². The van der Waals surface area contributed by atoms with Crippen molar-refractivity contribution in [2.75, 3.05) is 6.54 Å². The molecule has 16 heavy (non-hydrogen) atoms. The van der Waals surface area contributed by atoms with Gasteiger partial charge in [0.05, 0.1) is 0 Å². The SMILES string of the molecule is C[C@@H]1CCCC(CCC2CCC(CN)C2)C1. The summed E-state index contributed by atoms with van der Waals surface area (Å²) in [6.07, 6.45) is 13.3. The fourth-order valence-corrected chi connectivity index (χ4v) is 3.95. The maximum atomic E-state index is 5.75. The molecule has 0 saturated heterocycles. The Labute approximate surface area is 101 Å². The van der Waals surface area contributed by atoms with Gasteiger partial charge >= 0.3 is 0 Å². The average molecular weight is 223 g/mol. The minimum absolute atomic E-state index is 0.857. The van der Waals surface area contributed by atoms with Crippen molar-refractivity contribution in [3.05, 3.63) is 0 Å². The van der Waals surface area contributed by atoms with Gasteiger partial charge in [0.2, 0.25) is 0 Å². The molecule has 0 aromatic rings. The Kier molecular flexibility index (Phi) is 4.69. The zero-order chi connectivity index (χ0) is 11.4. The zero-order valence-corrected chi connectivity index (χ0v) is 11.0. The molecule has 2 aliphatic carbocycles. The fourth-order valence-electron chi connectivity index (χ4n) is 3.95. The van der Waals surface area contributed by atoms with Gasteiger partial charge in [-0.2, -0.15) is 0 Å². The van der Waals surface area contributed by atoms with Crippen LogP contribution < -0.4 is 5.73 Å². The predicted octanol–water partition coefficient (Wildman–Crippen LogP) is 3.97. The predicted molar refractivity (Wildman–Crippen MR) is 70.2 cm³/mol. The van der Waals surface area contributed by atoms with Crippen molar-refractivity contribution in [2.45, 2.75) is 64.7 Å². The van der Waals surface area contributed by atoms with Crippen LogP contribution in [0.3, 0.4) is 0 Å². The van der Waals surface area contributed by atoms with Crippen LogP contribution in [0.5, 0.6) is 0 Å². The van der Waals surface area contributed by atoms with Gasteiger partial charge in [0.25, 0.3) is 0 Å². The normalized spacial score (nSPS) is 40.1. The molecule has 2 fully saturated rings. The van der Waals surface area contributed by atoms with E-state index in [0.29, 0.717) is 0 Å². The molecule has 0 bridgehead atoms. The standard InChI is InChI=1S/C15H29N/c1-12-3-2-4-13(9-12)5-6-14-7-8-15(10-14)11-16/h12-15H,2-11,16H2,1H3/t12-,13?,14?,15?/m1/s1. The van der Waals surface area contributed by atoms with Gasteiger partial charge in [-0.05, 0) is 49.5 Å². The van der Waals surface area contributed by atoms with E-state index in [0.717, 1.165) is 30.2 Å². The lowest BCUT2D eigenvalue weighted by molar-refractivity contribution is 0.252. The number of nitrogens with two attached hydrogens (primary N) is 1. The second kappa shape index (κ2) is 6.05. The monoisotopic (exact) mass is 223 g/mol. The molecular weight excluding hydrogens is 194 g/mol. The van der Waals surface area contributed by atoms with E-state index in [-0.39, 0.29) is 0 Å². The van der Waals surface area contributed by atoms with Gasteiger partial charge in [0.15, 0.2) is 0 Å². The molecule has 4 atom stereocenters. The zero-order valence-electron chi connectivity index (χ0n) is 11.0. The van der Waals surface area contributed by atoms with E-state index < -0.39 is 0 Å². The quantitative estimate of drug-likeness (QED) is 0.767. The van der Waals surface area contributed by atoms with Crippen LogP contribution in [0.15, 0.2) is 0 Å². The van der Waals surface area contributed by atoms with Crippen LogP contribution in [-0.4, -0.2) is 6.54 Å². The molecule has 2 N–H and O–H groups in total. The number of hydrogen-bond acceptors (Lipinski definition) is 1. The summed E-state index contributed by atoms with van der Waals surface area (Å²) in [5.41, 5.74) is 5.75. The first-order valence-corrected chi connectivity index (χ1v) is 7.48. The van der Waals surface area contributed by atoms with E-state index in [9.17, 15) is 0 Å². The molecule has 2 saturated carbocycles. The van der Waals surface area contributed by atoms with E-state index in [1.807, 2.05) is 0 Å². The highest BCUT2D eigenvalue weighted by molar-refractivity contribution is 4.78. The molecule has 0 amide bonds. The lowest BCUT2D eigenvalue weighted by Crippen LogP contribution is -2.14. The molecule has 0 radical (unpaired) electrons. The minimum Gasteiger partial charge on any atom is -0.330 e. The van der Waals surface area contributed by atoms with Crippen molar-refractivity contribution in [1.82, 2.24) is 0 Å². The summed E-state index contributed by atoms with van der Waals surface area (Å²) < 4.78 is 0. The summed E-state index contributed by atoms with van der Waals surface area (Å²) in [6.45, 7) is 3.36. The lowest BCUT2D eigenvalue weighted by atomic mass is 9.79. The van der Waals surface area contributed by atoms with Crippen molar-refractivity contribution < 1.29 is 0 Å². The molecule has 3 unspecified atom stereocenters. The second-order valence-electron chi connectivity index (χ2n) is 6.50. The van der Waals surface area contributed by atoms with E-state index in [2.05, 4.69) is 6.92 Å². The first kappa shape index (κ1) is 12.4. The Morgan fingerprint density at radius 2 is 1.56 bits per heavy atom. The summed E-state index contributed by atoms with van der Waals surface area (Å²) >= 11 is 0. The second-order valence-corrected chi connectivity index (χ2v) is 6.50. The van der Waals surface area contributed by atoms with Crippen molar-refractivity contribution in [3.63, 3.8) is 0 Å². The Hall–Kier alpha value is -0.0400. The largest absolute Gasteiger partial charge is 0.330 e. The van der Waals surface area contributed by atoms with Gasteiger partial charge in [-0.1, -0.05) is 45.4 Å². The molecule has 0 aliphatic heterocycles. The summed E-state index contributed by atoms with van der Waals surface area (Å²) in [4.78, 5) is 0. The summed E-state index contributed by atoms with van der Waals surface area (Å²) in [6, 6.07) is 0. The van der Waals surface area contributed by atoms with Gasteiger partial charge in [0, 0.05) is 0 Å². The fraction of sp³-hybridized carbons (Fsp3) is 1.00. The Balaban J connectivity index is 1.64. The molecule has 2 aliphatic rings. The third-order valence-corrected chi connectivity index (χ3v) is 5.01. The number of rotatable bonds is 4. The first-order valence-electron chi connectivity index (χ1n) is 7.48.